The molecule has 1 aliphatic carbocycles. The Balaban J connectivity index is 1.96. The molecule has 3 rings (SSSR count). The zero-order valence-electron chi connectivity index (χ0n) is 11.3. The highest BCUT2D eigenvalue weighted by Gasteiger charge is 2.31. The van der Waals surface area contributed by atoms with Gasteiger partial charge >= 0.3 is 0 Å². The molecule has 0 saturated heterocycles. The lowest BCUT2D eigenvalue weighted by atomic mass is 9.96. The largest absolute Gasteiger partial charge is 0.369 e. The molecule has 1 saturated carbocycles. The normalized spacial score (nSPS) is 18.9. The van der Waals surface area contributed by atoms with E-state index in [1.54, 1.807) is 0 Å². The fraction of sp³-hybridized carbons (Fsp3) is 0.562. The number of fused-ring (bicyclic) bond motifs is 1. The van der Waals surface area contributed by atoms with E-state index in [0.29, 0.717) is 17.7 Å². The van der Waals surface area contributed by atoms with Gasteiger partial charge in [0.25, 0.3) is 0 Å². The first-order valence-electron chi connectivity index (χ1n) is 7.10. The first-order chi connectivity index (χ1) is 8.66. The maximum atomic E-state index is 12.2. The molecular weight excluding hydrogens is 222 g/mol. The van der Waals surface area contributed by atoms with Crippen molar-refractivity contribution in [3.8, 4) is 0 Å². The molecule has 0 radical (unpaired) electrons. The van der Waals surface area contributed by atoms with Crippen LogP contribution in [0.4, 0.5) is 5.69 Å². The zero-order valence-corrected chi connectivity index (χ0v) is 11.3. The Bertz CT molecular complexity index is 474. The van der Waals surface area contributed by atoms with Crippen molar-refractivity contribution in [3.63, 3.8) is 0 Å². The van der Waals surface area contributed by atoms with Crippen molar-refractivity contribution in [2.45, 2.75) is 45.6 Å². The van der Waals surface area contributed by atoms with E-state index in [1.807, 2.05) is 6.07 Å². The van der Waals surface area contributed by atoms with Crippen LogP contribution < -0.4 is 4.90 Å². The minimum Gasteiger partial charge on any atom is -0.369 e. The van der Waals surface area contributed by atoms with Gasteiger partial charge in [0.15, 0.2) is 5.78 Å². The summed E-state index contributed by atoms with van der Waals surface area (Å²) in [7, 11) is 0. The molecular formula is C16H21NO. The molecule has 1 fully saturated rings. The van der Waals surface area contributed by atoms with Gasteiger partial charge < -0.3 is 4.90 Å². The number of carbonyl (C=O) groups is 1. The van der Waals surface area contributed by atoms with Crippen LogP contribution in [-0.4, -0.2) is 18.4 Å². The van der Waals surface area contributed by atoms with E-state index in [1.165, 1.54) is 17.7 Å². The fourth-order valence-electron chi connectivity index (χ4n) is 2.87. The zero-order chi connectivity index (χ0) is 12.7. The highest BCUT2D eigenvalue weighted by molar-refractivity contribution is 6.00. The minimum atomic E-state index is 0.319. The second kappa shape index (κ2) is 4.42. The number of carbonyl (C=O) groups excluding carboxylic acids is 1. The monoisotopic (exact) mass is 243 g/mol. The van der Waals surface area contributed by atoms with Crippen LogP contribution >= 0.6 is 0 Å². The molecule has 1 heterocycles. The van der Waals surface area contributed by atoms with E-state index in [9.17, 15) is 4.79 Å². The summed E-state index contributed by atoms with van der Waals surface area (Å²) >= 11 is 0. The summed E-state index contributed by atoms with van der Waals surface area (Å²) in [5.41, 5.74) is 3.62. The molecule has 2 heteroatoms. The number of benzene rings is 1. The number of hydrogen-bond donors (Lipinski definition) is 0. The van der Waals surface area contributed by atoms with Crippen molar-refractivity contribution in [2.75, 3.05) is 11.4 Å². The van der Waals surface area contributed by atoms with Gasteiger partial charge in [0, 0.05) is 29.8 Å². The maximum absolute atomic E-state index is 12.2. The van der Waals surface area contributed by atoms with Crippen molar-refractivity contribution in [2.24, 2.45) is 5.92 Å². The van der Waals surface area contributed by atoms with Gasteiger partial charge in [0.05, 0.1) is 0 Å². The Hall–Kier alpha value is -1.31. The van der Waals surface area contributed by atoms with E-state index in [-0.39, 0.29) is 0 Å². The summed E-state index contributed by atoms with van der Waals surface area (Å²) in [5, 5.41) is 0. The molecule has 2 nitrogen and oxygen atoms in total. The highest BCUT2D eigenvalue weighted by atomic mass is 16.1. The Morgan fingerprint density at radius 3 is 2.78 bits per heavy atom. The second-order valence-electron chi connectivity index (χ2n) is 5.87. The van der Waals surface area contributed by atoms with Gasteiger partial charge in [-0.05, 0) is 51.2 Å². The molecule has 0 spiro atoms. The predicted molar refractivity (Wildman–Crippen MR) is 74.3 cm³/mol. The summed E-state index contributed by atoms with van der Waals surface area (Å²) in [5.74, 6) is 0.672. The van der Waals surface area contributed by atoms with Crippen LogP contribution in [0.2, 0.25) is 0 Å². The van der Waals surface area contributed by atoms with Gasteiger partial charge in [-0.3, -0.25) is 4.79 Å². The number of nitrogens with zero attached hydrogens (tertiary/aromatic N) is 1. The van der Waals surface area contributed by atoms with E-state index >= 15 is 0 Å². The minimum absolute atomic E-state index is 0.319. The second-order valence-corrected chi connectivity index (χ2v) is 5.87. The molecule has 0 atom stereocenters. The third kappa shape index (κ3) is 2.05. The van der Waals surface area contributed by atoms with Crippen LogP contribution in [0.1, 0.15) is 49.0 Å². The number of anilines is 1. The van der Waals surface area contributed by atoms with Gasteiger partial charge in [0.2, 0.25) is 0 Å². The van der Waals surface area contributed by atoms with Crippen molar-refractivity contribution in [1.29, 1.82) is 0 Å². The topological polar surface area (TPSA) is 20.3 Å². The molecule has 1 aromatic carbocycles. The molecule has 2 aliphatic rings. The Morgan fingerprint density at radius 1 is 1.33 bits per heavy atom. The first kappa shape index (κ1) is 11.8. The number of Topliss-reactive ketones (excluding diaryl/α,β-unsaturated/α-hetero) is 1. The van der Waals surface area contributed by atoms with Gasteiger partial charge in [-0.2, -0.15) is 0 Å². The Labute approximate surface area is 109 Å². The van der Waals surface area contributed by atoms with Gasteiger partial charge in [0.1, 0.15) is 0 Å². The predicted octanol–water partition coefficient (Wildman–Crippen LogP) is 3.44. The molecule has 0 aromatic heterocycles. The molecule has 96 valence electrons. The molecule has 0 unspecified atom stereocenters. The van der Waals surface area contributed by atoms with Crippen molar-refractivity contribution < 1.29 is 4.79 Å². The number of aryl methyl sites for hydroxylation is 1. The first-order valence-corrected chi connectivity index (χ1v) is 7.10. The van der Waals surface area contributed by atoms with Crippen molar-refractivity contribution in [3.05, 3.63) is 29.3 Å². The van der Waals surface area contributed by atoms with E-state index in [0.717, 1.165) is 31.4 Å². The average Bonchev–Trinajstić information content (AvgIpc) is 3.20. The summed E-state index contributed by atoms with van der Waals surface area (Å²) in [6.07, 6.45) is 4.55. The molecule has 1 aromatic rings. The standard InChI is InChI=1S/C16H21NO/c1-11(2)17-9-3-4-12-5-8-14(10-15(12)17)16(18)13-6-7-13/h5,8,10-11,13H,3-4,6-7,9H2,1-2H3. The van der Waals surface area contributed by atoms with Gasteiger partial charge in [-0.15, -0.1) is 0 Å². The summed E-state index contributed by atoms with van der Waals surface area (Å²) in [6, 6.07) is 6.84. The molecule has 0 bridgehead atoms. The number of rotatable bonds is 3. The van der Waals surface area contributed by atoms with Gasteiger partial charge in [-0.25, -0.2) is 0 Å². The smallest absolute Gasteiger partial charge is 0.166 e. The number of hydrogen-bond acceptors (Lipinski definition) is 2. The molecule has 1 aliphatic heterocycles. The van der Waals surface area contributed by atoms with Gasteiger partial charge in [-0.1, -0.05) is 12.1 Å². The molecule has 18 heavy (non-hydrogen) atoms. The SMILES string of the molecule is CC(C)N1CCCc2ccc(C(=O)C3CC3)cc21. The summed E-state index contributed by atoms with van der Waals surface area (Å²) in [4.78, 5) is 14.6. The third-order valence-corrected chi connectivity index (χ3v) is 4.10. The Kier molecular flexibility index (Phi) is 2.89. The third-order valence-electron chi connectivity index (χ3n) is 4.10. The lowest BCUT2D eigenvalue weighted by Gasteiger charge is -2.35. The van der Waals surface area contributed by atoms with E-state index in [2.05, 4.69) is 30.9 Å². The van der Waals surface area contributed by atoms with E-state index in [4.69, 9.17) is 0 Å². The van der Waals surface area contributed by atoms with Crippen molar-refractivity contribution in [1.82, 2.24) is 0 Å². The lowest BCUT2D eigenvalue weighted by Crippen LogP contribution is -2.35. The summed E-state index contributed by atoms with van der Waals surface area (Å²) < 4.78 is 0. The molecule has 0 amide bonds. The van der Waals surface area contributed by atoms with Crippen molar-refractivity contribution >= 4 is 11.5 Å². The Morgan fingerprint density at radius 2 is 2.11 bits per heavy atom. The number of ketones is 1. The van der Waals surface area contributed by atoms with E-state index < -0.39 is 0 Å². The highest BCUT2D eigenvalue weighted by Crippen LogP contribution is 2.35. The van der Waals surface area contributed by atoms with Crippen LogP contribution in [0, 0.1) is 5.92 Å². The molecule has 0 N–H and O–H groups in total. The van der Waals surface area contributed by atoms with Crippen LogP contribution in [0.15, 0.2) is 18.2 Å². The fourth-order valence-corrected chi connectivity index (χ4v) is 2.87. The average molecular weight is 243 g/mol. The quantitative estimate of drug-likeness (QED) is 0.758. The lowest BCUT2D eigenvalue weighted by molar-refractivity contribution is 0.0967. The maximum Gasteiger partial charge on any atom is 0.166 e. The van der Waals surface area contributed by atoms with Crippen LogP contribution in [0.25, 0.3) is 0 Å². The van der Waals surface area contributed by atoms with Crippen LogP contribution in [-0.2, 0) is 6.42 Å². The van der Waals surface area contributed by atoms with Crippen LogP contribution in [0.5, 0.6) is 0 Å². The van der Waals surface area contributed by atoms with Crippen LogP contribution in [0.3, 0.4) is 0 Å². The summed E-state index contributed by atoms with van der Waals surface area (Å²) in [6.45, 7) is 5.57.